The number of hydrogen-bond donors (Lipinski definition) is 0. The van der Waals surface area contributed by atoms with Crippen LogP contribution in [0.25, 0.3) is 0 Å². The fourth-order valence-corrected chi connectivity index (χ4v) is 5.53. The molecule has 3 fully saturated rings. The molecule has 0 spiro atoms. The van der Waals surface area contributed by atoms with E-state index >= 15 is 0 Å². The Kier molecular flexibility index (Phi) is 6.69. The van der Waals surface area contributed by atoms with Gasteiger partial charge in [0.2, 0.25) is 0 Å². The molecule has 0 aromatic heterocycles. The van der Waals surface area contributed by atoms with E-state index in [0.717, 1.165) is 44.4 Å². The number of hydrogen-bond acceptors (Lipinski definition) is 5. The molecule has 5 nitrogen and oxygen atoms in total. The van der Waals surface area contributed by atoms with Gasteiger partial charge in [0.1, 0.15) is 0 Å². The molecule has 1 atom stereocenters. The maximum atomic E-state index is 13.6. The number of nitrogens with zero attached hydrogens (tertiary/aromatic N) is 2. The summed E-state index contributed by atoms with van der Waals surface area (Å²) < 4.78 is 0. The van der Waals surface area contributed by atoms with Crippen LogP contribution in [0.1, 0.15) is 93.9 Å². The predicted molar refractivity (Wildman–Crippen MR) is 119 cm³/mol. The van der Waals surface area contributed by atoms with E-state index in [1.165, 1.54) is 0 Å². The first-order valence-electron chi connectivity index (χ1n) is 11.5. The minimum Gasteiger partial charge on any atom is -0.364 e. The quantitative estimate of drug-likeness (QED) is 0.612. The molecule has 0 N–H and O–H groups in total. The molecular formula is C25H41N2O3. The van der Waals surface area contributed by atoms with Crippen LogP contribution in [0.5, 0.6) is 0 Å². The van der Waals surface area contributed by atoms with Crippen molar-refractivity contribution in [2.24, 2.45) is 0 Å². The van der Waals surface area contributed by atoms with E-state index in [9.17, 15) is 4.79 Å². The summed E-state index contributed by atoms with van der Waals surface area (Å²) in [4.78, 5) is 26.2. The van der Waals surface area contributed by atoms with Gasteiger partial charge in [-0.25, -0.2) is 4.79 Å². The standard InChI is InChI=1S/C25H41N2O3/c1-22(2)15-11-16-23(3,4)26(22)29-20(19-13-9-10-14-19)21(28)30-27-24(5,6)17-12-18-25(27,7)8/h9-10,13-14,20H,11-12,15-18H2,1-8H3. The Morgan fingerprint density at radius 1 is 0.767 bits per heavy atom. The summed E-state index contributed by atoms with van der Waals surface area (Å²) in [5, 5.41) is 3.96. The van der Waals surface area contributed by atoms with Crippen LogP contribution in [0.2, 0.25) is 0 Å². The summed E-state index contributed by atoms with van der Waals surface area (Å²) in [5.74, 6) is 0.492. The highest BCUT2D eigenvalue weighted by Gasteiger charge is 2.49. The van der Waals surface area contributed by atoms with Gasteiger partial charge in [-0.3, -0.25) is 4.84 Å². The first-order chi connectivity index (χ1) is 13.8. The third-order valence-electron chi connectivity index (χ3n) is 6.95. The highest BCUT2D eigenvalue weighted by atomic mass is 16.8. The number of rotatable bonds is 5. The summed E-state index contributed by atoms with van der Waals surface area (Å²) in [6, 6.07) is 0. The normalized spacial score (nSPS) is 30.1. The topological polar surface area (TPSA) is 42.0 Å². The molecule has 0 bridgehead atoms. The number of carbonyl (C=O) groups excluding carboxylic acids is 1. The van der Waals surface area contributed by atoms with Crippen LogP contribution in [0.4, 0.5) is 0 Å². The highest BCUT2D eigenvalue weighted by molar-refractivity contribution is 5.79. The Morgan fingerprint density at radius 2 is 1.17 bits per heavy atom. The van der Waals surface area contributed by atoms with E-state index in [1.54, 1.807) is 0 Å². The zero-order valence-electron chi connectivity index (χ0n) is 20.2. The van der Waals surface area contributed by atoms with E-state index < -0.39 is 6.10 Å². The van der Waals surface area contributed by atoms with E-state index in [-0.39, 0.29) is 28.1 Å². The summed E-state index contributed by atoms with van der Waals surface area (Å²) >= 11 is 0. The van der Waals surface area contributed by atoms with E-state index in [2.05, 4.69) is 60.5 Å². The molecule has 1 saturated carbocycles. The fourth-order valence-electron chi connectivity index (χ4n) is 5.53. The predicted octanol–water partition coefficient (Wildman–Crippen LogP) is 5.24. The maximum absolute atomic E-state index is 13.6. The molecule has 2 aliphatic heterocycles. The van der Waals surface area contributed by atoms with Crippen LogP contribution in [0, 0.1) is 31.6 Å². The summed E-state index contributed by atoms with van der Waals surface area (Å²) in [5.41, 5.74) is -0.734. The second-order valence-electron chi connectivity index (χ2n) is 11.7. The lowest BCUT2D eigenvalue weighted by molar-refractivity contribution is -0.315. The minimum atomic E-state index is -0.787. The van der Waals surface area contributed by atoms with Crippen molar-refractivity contribution >= 4 is 5.97 Å². The molecule has 2 heterocycles. The van der Waals surface area contributed by atoms with Crippen molar-refractivity contribution in [1.29, 1.82) is 0 Å². The maximum Gasteiger partial charge on any atom is 0.356 e. The third kappa shape index (κ3) is 4.88. The van der Waals surface area contributed by atoms with Gasteiger partial charge in [-0.1, -0.05) is 0 Å². The Balaban J connectivity index is 1.84. The fraction of sp³-hybridized carbons (Fsp3) is 0.760. The zero-order valence-corrected chi connectivity index (χ0v) is 20.2. The van der Waals surface area contributed by atoms with Crippen molar-refractivity contribution in [2.75, 3.05) is 0 Å². The summed E-state index contributed by atoms with van der Waals surface area (Å²) in [7, 11) is 0. The SMILES string of the molecule is CC1(C)CCCC(C)(C)N1OC(=O)C(ON1C(C)(C)CCCC1(C)C)[C]1[CH][CH][CH][CH]1. The van der Waals surface area contributed by atoms with Crippen LogP contribution >= 0.6 is 0 Å². The molecule has 5 heteroatoms. The molecule has 3 rings (SSSR count). The number of hydroxylamine groups is 4. The molecule has 2 saturated heterocycles. The molecule has 0 amide bonds. The van der Waals surface area contributed by atoms with Gasteiger partial charge in [0.05, 0.1) is 11.1 Å². The second kappa shape index (κ2) is 8.37. The summed E-state index contributed by atoms with van der Waals surface area (Å²) in [6.45, 7) is 17.4. The lowest BCUT2D eigenvalue weighted by atomic mass is 9.82. The molecule has 1 unspecified atom stereocenters. The highest BCUT2D eigenvalue weighted by Crippen LogP contribution is 2.42. The van der Waals surface area contributed by atoms with Crippen molar-refractivity contribution in [3.63, 3.8) is 0 Å². The average Bonchev–Trinajstić information content (AvgIpc) is 3.10. The molecule has 1 aliphatic carbocycles. The van der Waals surface area contributed by atoms with Gasteiger partial charge in [-0.15, -0.1) is 5.06 Å². The van der Waals surface area contributed by atoms with Crippen molar-refractivity contribution in [1.82, 2.24) is 10.1 Å². The van der Waals surface area contributed by atoms with Gasteiger partial charge in [0.15, 0.2) is 6.10 Å². The third-order valence-corrected chi connectivity index (χ3v) is 6.95. The van der Waals surface area contributed by atoms with E-state index in [1.807, 2.05) is 30.7 Å². The van der Waals surface area contributed by atoms with Gasteiger partial charge in [-0.2, -0.15) is 5.06 Å². The van der Waals surface area contributed by atoms with Crippen molar-refractivity contribution < 1.29 is 14.5 Å². The molecule has 169 valence electrons. The molecular weight excluding hydrogens is 376 g/mol. The lowest BCUT2D eigenvalue weighted by Gasteiger charge is -2.53. The first-order valence-corrected chi connectivity index (χ1v) is 11.5. The van der Waals surface area contributed by atoms with Crippen LogP contribution in [0.3, 0.4) is 0 Å². The number of piperidine rings is 2. The second-order valence-corrected chi connectivity index (χ2v) is 11.7. The molecule has 0 aromatic carbocycles. The minimum absolute atomic E-state index is 0.156. The lowest BCUT2D eigenvalue weighted by Crippen LogP contribution is -2.62. The van der Waals surface area contributed by atoms with Crippen molar-refractivity contribution in [3.05, 3.63) is 31.6 Å². The van der Waals surface area contributed by atoms with Gasteiger partial charge >= 0.3 is 5.97 Å². The van der Waals surface area contributed by atoms with Crippen LogP contribution in [-0.4, -0.2) is 44.4 Å². The summed E-state index contributed by atoms with van der Waals surface area (Å²) in [6.07, 6.45) is 13.3. The van der Waals surface area contributed by atoms with E-state index in [0.29, 0.717) is 0 Å². The number of carbonyl (C=O) groups is 1. The van der Waals surface area contributed by atoms with Crippen LogP contribution < -0.4 is 0 Å². The van der Waals surface area contributed by atoms with Gasteiger partial charge in [-0.05, 0) is 120 Å². The Bertz CT molecular complexity index is 588. The molecule has 0 aromatic rings. The van der Waals surface area contributed by atoms with E-state index in [4.69, 9.17) is 9.68 Å². The van der Waals surface area contributed by atoms with Crippen LogP contribution in [-0.2, 0) is 14.5 Å². The van der Waals surface area contributed by atoms with Gasteiger partial charge in [0.25, 0.3) is 0 Å². The van der Waals surface area contributed by atoms with Crippen molar-refractivity contribution in [3.8, 4) is 0 Å². The van der Waals surface area contributed by atoms with Crippen molar-refractivity contribution in [2.45, 2.75) is 122 Å². The molecule has 5 radical (unpaired) electrons. The monoisotopic (exact) mass is 417 g/mol. The smallest absolute Gasteiger partial charge is 0.356 e. The van der Waals surface area contributed by atoms with Crippen LogP contribution in [0.15, 0.2) is 0 Å². The average molecular weight is 418 g/mol. The Labute approximate surface area is 184 Å². The largest absolute Gasteiger partial charge is 0.364 e. The first kappa shape index (κ1) is 24.0. The molecule has 30 heavy (non-hydrogen) atoms. The Hall–Kier alpha value is -0.650. The van der Waals surface area contributed by atoms with Gasteiger partial charge in [0, 0.05) is 17.0 Å². The Morgan fingerprint density at radius 3 is 1.60 bits per heavy atom. The van der Waals surface area contributed by atoms with Gasteiger partial charge < -0.3 is 4.84 Å². The molecule has 3 aliphatic rings. The zero-order chi connectivity index (χ0) is 22.4.